The maximum Gasteiger partial charge on any atom is 0.244 e. The summed E-state index contributed by atoms with van der Waals surface area (Å²) in [7, 11) is 1.78. The van der Waals surface area contributed by atoms with E-state index in [0.717, 1.165) is 18.4 Å². The van der Waals surface area contributed by atoms with Crippen LogP contribution in [0.3, 0.4) is 0 Å². The van der Waals surface area contributed by atoms with E-state index in [2.05, 4.69) is 26.8 Å². The van der Waals surface area contributed by atoms with E-state index in [0.29, 0.717) is 18.9 Å². The molecule has 0 aromatic carbocycles. The van der Waals surface area contributed by atoms with Crippen molar-refractivity contribution in [3.05, 3.63) is 30.6 Å². The number of likely N-dealkylation sites (N-methyl/N-ethyl adjacent to an activating group) is 1. The van der Waals surface area contributed by atoms with Gasteiger partial charge in [0, 0.05) is 6.54 Å². The molecular formula is C12H17N5O. The van der Waals surface area contributed by atoms with Gasteiger partial charge in [0.05, 0.1) is 6.54 Å². The summed E-state index contributed by atoms with van der Waals surface area (Å²) in [5.41, 5.74) is 0.945. The summed E-state index contributed by atoms with van der Waals surface area (Å²) in [5, 5.41) is 3.02. The molecule has 0 bridgehead atoms. The molecule has 0 aliphatic carbocycles. The third-order valence-electron chi connectivity index (χ3n) is 3.06. The Bertz CT molecular complexity index is 433. The van der Waals surface area contributed by atoms with E-state index in [1.165, 1.54) is 12.7 Å². The van der Waals surface area contributed by atoms with Crippen molar-refractivity contribution < 1.29 is 4.79 Å². The van der Waals surface area contributed by atoms with Crippen LogP contribution in [0.2, 0.25) is 0 Å². The first-order chi connectivity index (χ1) is 8.72. The fourth-order valence-corrected chi connectivity index (χ4v) is 2.11. The average molecular weight is 247 g/mol. The van der Waals surface area contributed by atoms with Crippen molar-refractivity contribution in [2.24, 2.45) is 0 Å². The fourth-order valence-electron chi connectivity index (χ4n) is 2.11. The second-order valence-electron chi connectivity index (χ2n) is 4.30. The van der Waals surface area contributed by atoms with E-state index in [4.69, 9.17) is 0 Å². The smallest absolute Gasteiger partial charge is 0.244 e. The summed E-state index contributed by atoms with van der Waals surface area (Å²) >= 11 is 0. The lowest BCUT2D eigenvalue weighted by atomic mass is 10.1. The number of aromatic nitrogens is 3. The van der Waals surface area contributed by atoms with Gasteiger partial charge < -0.3 is 10.2 Å². The van der Waals surface area contributed by atoms with E-state index < -0.39 is 0 Å². The van der Waals surface area contributed by atoms with Crippen LogP contribution in [0.5, 0.6) is 0 Å². The molecule has 0 saturated carbocycles. The van der Waals surface area contributed by atoms with Crippen molar-refractivity contribution in [2.45, 2.75) is 25.4 Å². The van der Waals surface area contributed by atoms with Crippen LogP contribution >= 0.6 is 0 Å². The highest BCUT2D eigenvalue weighted by Gasteiger charge is 2.28. The molecule has 1 fully saturated rings. The molecule has 1 aliphatic rings. The predicted octanol–water partition coefficient (Wildman–Crippen LogP) is 0.138. The zero-order valence-electron chi connectivity index (χ0n) is 10.5. The van der Waals surface area contributed by atoms with Gasteiger partial charge in [-0.2, -0.15) is 0 Å². The summed E-state index contributed by atoms with van der Waals surface area (Å²) in [6, 6.07) is -0.297. The minimum atomic E-state index is -0.297. The number of hydrogen-bond acceptors (Lipinski definition) is 5. The molecule has 6 nitrogen and oxygen atoms in total. The summed E-state index contributed by atoms with van der Waals surface area (Å²) in [4.78, 5) is 26.0. The molecule has 0 spiro atoms. The number of likely N-dealkylation sites (tertiary alicyclic amines) is 1. The summed E-state index contributed by atoms with van der Waals surface area (Å²) in [6.45, 7) is 5.10. The van der Waals surface area contributed by atoms with Crippen LogP contribution in [0.1, 0.15) is 18.7 Å². The number of carbonyl (C=O) groups is 1. The number of amides is 1. The number of nitrogens with zero attached hydrogens (tertiary/aromatic N) is 4. The Morgan fingerprint density at radius 3 is 2.89 bits per heavy atom. The van der Waals surface area contributed by atoms with Gasteiger partial charge in [-0.3, -0.25) is 4.79 Å². The molecule has 6 heteroatoms. The van der Waals surface area contributed by atoms with E-state index in [1.54, 1.807) is 11.9 Å². The standard InChI is InChI=1S/C12H17N5O/c1-9-4-3-5-17(12(18)11(9)13-2)6-10-15-7-14-8-16-10/h7-8,11,13H,1,3-6H2,2H3. The third kappa shape index (κ3) is 2.70. The molecule has 1 N–H and O–H groups in total. The highest BCUT2D eigenvalue weighted by molar-refractivity contribution is 5.85. The monoisotopic (exact) mass is 247 g/mol. The van der Waals surface area contributed by atoms with Crippen LogP contribution in [0.4, 0.5) is 0 Å². The van der Waals surface area contributed by atoms with Crippen molar-refractivity contribution >= 4 is 5.91 Å². The topological polar surface area (TPSA) is 71.0 Å². The van der Waals surface area contributed by atoms with Crippen molar-refractivity contribution in [2.75, 3.05) is 13.6 Å². The van der Waals surface area contributed by atoms with Crippen molar-refractivity contribution in [1.82, 2.24) is 25.2 Å². The molecule has 18 heavy (non-hydrogen) atoms. The second-order valence-corrected chi connectivity index (χ2v) is 4.30. The van der Waals surface area contributed by atoms with E-state index in [-0.39, 0.29) is 11.9 Å². The van der Waals surface area contributed by atoms with Gasteiger partial charge in [-0.25, -0.2) is 15.0 Å². The first-order valence-electron chi connectivity index (χ1n) is 5.97. The minimum absolute atomic E-state index is 0.0420. The molecule has 1 aromatic heterocycles. The zero-order chi connectivity index (χ0) is 13.0. The average Bonchev–Trinajstić information content (AvgIpc) is 2.51. The molecule has 1 aliphatic heterocycles. The van der Waals surface area contributed by atoms with Crippen LogP contribution in [0.25, 0.3) is 0 Å². The minimum Gasteiger partial charge on any atom is -0.333 e. The molecule has 2 rings (SSSR count). The van der Waals surface area contributed by atoms with Crippen molar-refractivity contribution in [1.29, 1.82) is 0 Å². The Labute approximate surface area is 106 Å². The number of rotatable bonds is 3. The first kappa shape index (κ1) is 12.6. The van der Waals surface area contributed by atoms with Crippen molar-refractivity contribution in [3.63, 3.8) is 0 Å². The summed E-state index contributed by atoms with van der Waals surface area (Å²) < 4.78 is 0. The Morgan fingerprint density at radius 2 is 2.22 bits per heavy atom. The molecular weight excluding hydrogens is 230 g/mol. The quantitative estimate of drug-likeness (QED) is 0.769. The van der Waals surface area contributed by atoms with Crippen LogP contribution in [0.15, 0.2) is 24.8 Å². The molecule has 1 atom stereocenters. The van der Waals surface area contributed by atoms with Gasteiger partial charge in [0.15, 0.2) is 5.82 Å². The first-order valence-corrected chi connectivity index (χ1v) is 5.97. The second kappa shape index (κ2) is 5.68. The van der Waals surface area contributed by atoms with Crippen LogP contribution in [-0.4, -0.2) is 45.4 Å². The molecule has 1 aromatic rings. The highest BCUT2D eigenvalue weighted by atomic mass is 16.2. The number of hydrogen-bond donors (Lipinski definition) is 1. The van der Waals surface area contributed by atoms with Gasteiger partial charge in [-0.15, -0.1) is 0 Å². The predicted molar refractivity (Wildman–Crippen MR) is 66.5 cm³/mol. The molecule has 1 unspecified atom stereocenters. The summed E-state index contributed by atoms with van der Waals surface area (Å²) in [5.74, 6) is 0.654. The normalized spacial score (nSPS) is 20.9. The van der Waals surface area contributed by atoms with E-state index in [1.807, 2.05) is 0 Å². The maximum absolute atomic E-state index is 12.3. The van der Waals surface area contributed by atoms with Crippen molar-refractivity contribution in [3.8, 4) is 0 Å². The Hall–Kier alpha value is -1.82. The molecule has 1 amide bonds. The van der Waals surface area contributed by atoms with Gasteiger partial charge in [-0.05, 0) is 19.9 Å². The van der Waals surface area contributed by atoms with Gasteiger partial charge in [0.1, 0.15) is 18.7 Å². The number of nitrogens with one attached hydrogen (secondary N) is 1. The number of carbonyl (C=O) groups excluding carboxylic acids is 1. The maximum atomic E-state index is 12.3. The van der Waals surface area contributed by atoms with Gasteiger partial charge >= 0.3 is 0 Å². The lowest BCUT2D eigenvalue weighted by Gasteiger charge is -2.23. The Morgan fingerprint density at radius 1 is 1.50 bits per heavy atom. The van der Waals surface area contributed by atoms with Crippen LogP contribution in [-0.2, 0) is 11.3 Å². The molecule has 1 saturated heterocycles. The largest absolute Gasteiger partial charge is 0.333 e. The van der Waals surface area contributed by atoms with Crippen LogP contribution in [0, 0.1) is 0 Å². The fraction of sp³-hybridized carbons (Fsp3) is 0.500. The third-order valence-corrected chi connectivity index (χ3v) is 3.06. The SMILES string of the molecule is C=C1CCCN(Cc2ncncn2)C(=O)C1NC. The summed E-state index contributed by atoms with van der Waals surface area (Å²) in [6.07, 6.45) is 4.68. The Kier molecular flexibility index (Phi) is 3.99. The lowest BCUT2D eigenvalue weighted by molar-refractivity contribution is -0.132. The van der Waals surface area contributed by atoms with Gasteiger partial charge in [0.2, 0.25) is 5.91 Å². The zero-order valence-corrected chi connectivity index (χ0v) is 10.5. The molecule has 96 valence electrons. The lowest BCUT2D eigenvalue weighted by Crippen LogP contribution is -2.44. The van der Waals surface area contributed by atoms with Crippen LogP contribution < -0.4 is 5.32 Å². The van der Waals surface area contributed by atoms with Gasteiger partial charge in [0.25, 0.3) is 0 Å². The van der Waals surface area contributed by atoms with E-state index >= 15 is 0 Å². The highest BCUT2D eigenvalue weighted by Crippen LogP contribution is 2.17. The van der Waals surface area contributed by atoms with E-state index in [9.17, 15) is 4.79 Å². The van der Waals surface area contributed by atoms with Gasteiger partial charge in [-0.1, -0.05) is 12.2 Å². The molecule has 2 heterocycles. The molecule has 0 radical (unpaired) electrons. The Balaban J connectivity index is 2.12.